The van der Waals surface area contributed by atoms with E-state index in [0.717, 1.165) is 44.2 Å². The van der Waals surface area contributed by atoms with Gasteiger partial charge in [-0.2, -0.15) is 0 Å². The largest absolute Gasteiger partial charge is 0.461 e. The fraction of sp³-hybridized carbons (Fsp3) is 0.800. The first kappa shape index (κ1) is 14.5. The van der Waals surface area contributed by atoms with E-state index in [-0.39, 0.29) is 0 Å². The van der Waals surface area contributed by atoms with Crippen molar-refractivity contribution in [3.8, 4) is 0 Å². The molecular weight excluding hydrogens is 270 g/mol. The maximum atomic E-state index is 12.0. The fourth-order valence-electron chi connectivity index (χ4n) is 3.19. The highest BCUT2D eigenvalue weighted by Crippen LogP contribution is 2.42. The Morgan fingerprint density at radius 2 is 2.10 bits per heavy atom. The maximum absolute atomic E-state index is 12.0. The lowest BCUT2D eigenvalue weighted by Gasteiger charge is -2.32. The van der Waals surface area contributed by atoms with Gasteiger partial charge in [-0.05, 0) is 32.6 Å². The molecule has 116 valence electrons. The molecule has 0 aromatic carbocycles. The van der Waals surface area contributed by atoms with Crippen LogP contribution in [-0.2, 0) is 11.3 Å². The minimum atomic E-state index is -0.707. The molecule has 2 aliphatic rings. The molecule has 3 rings (SSSR count). The van der Waals surface area contributed by atoms with Crippen LogP contribution in [0.5, 0.6) is 0 Å². The number of carbonyl (C=O) groups is 1. The molecule has 1 N–H and O–H groups in total. The Morgan fingerprint density at radius 3 is 2.71 bits per heavy atom. The Morgan fingerprint density at radius 1 is 1.38 bits per heavy atom. The predicted molar refractivity (Wildman–Crippen MR) is 76.0 cm³/mol. The van der Waals surface area contributed by atoms with Crippen molar-refractivity contribution in [2.75, 3.05) is 6.61 Å². The van der Waals surface area contributed by atoms with Gasteiger partial charge in [0, 0.05) is 5.92 Å². The average Bonchev–Trinajstić information content (AvgIpc) is 3.21. The summed E-state index contributed by atoms with van der Waals surface area (Å²) in [6.07, 6.45) is 6.99. The summed E-state index contributed by atoms with van der Waals surface area (Å²) in [6, 6.07) is 0. The van der Waals surface area contributed by atoms with Crippen LogP contribution in [0.15, 0.2) is 0 Å². The van der Waals surface area contributed by atoms with E-state index in [1.807, 2.05) is 0 Å². The van der Waals surface area contributed by atoms with Gasteiger partial charge in [-0.1, -0.05) is 24.5 Å². The summed E-state index contributed by atoms with van der Waals surface area (Å²) in [5, 5.41) is 18.8. The van der Waals surface area contributed by atoms with Gasteiger partial charge in [0.25, 0.3) is 0 Å². The molecule has 0 spiro atoms. The first-order valence-corrected chi connectivity index (χ1v) is 7.96. The van der Waals surface area contributed by atoms with Crippen molar-refractivity contribution < 1.29 is 14.6 Å². The molecule has 0 bridgehead atoms. The number of hydrogen-bond donors (Lipinski definition) is 1. The first-order chi connectivity index (χ1) is 10.1. The minimum absolute atomic E-state index is 0.332. The smallest absolute Gasteiger partial charge is 0.360 e. The molecule has 0 radical (unpaired) electrons. The molecule has 0 saturated heterocycles. The van der Waals surface area contributed by atoms with Crippen LogP contribution in [-0.4, -0.2) is 38.3 Å². The molecule has 0 atom stereocenters. The molecule has 1 aromatic rings. The van der Waals surface area contributed by atoms with Gasteiger partial charge < -0.3 is 9.84 Å². The fourth-order valence-corrected chi connectivity index (χ4v) is 3.19. The summed E-state index contributed by atoms with van der Waals surface area (Å²) in [6.45, 7) is 2.55. The second kappa shape index (κ2) is 5.75. The van der Waals surface area contributed by atoms with Crippen LogP contribution in [0, 0.1) is 0 Å². The molecule has 2 fully saturated rings. The molecule has 1 aromatic heterocycles. The Hall–Kier alpha value is -1.43. The van der Waals surface area contributed by atoms with Crippen LogP contribution in [0.1, 0.15) is 74.0 Å². The van der Waals surface area contributed by atoms with Crippen LogP contribution < -0.4 is 0 Å². The SMILES string of the molecule is CCOC(=O)c1nnn(CC2(O)CCCCC2)c1C1CC1. The third-order valence-corrected chi connectivity index (χ3v) is 4.43. The molecule has 0 amide bonds. The monoisotopic (exact) mass is 293 g/mol. The summed E-state index contributed by atoms with van der Waals surface area (Å²) < 4.78 is 6.80. The maximum Gasteiger partial charge on any atom is 0.360 e. The Balaban J connectivity index is 1.83. The van der Waals surface area contributed by atoms with Gasteiger partial charge in [-0.15, -0.1) is 5.10 Å². The number of esters is 1. The second-order valence-electron chi connectivity index (χ2n) is 6.26. The molecule has 1 heterocycles. The van der Waals surface area contributed by atoms with Gasteiger partial charge in [0.05, 0.1) is 24.4 Å². The molecule has 2 aliphatic carbocycles. The van der Waals surface area contributed by atoms with Crippen LogP contribution >= 0.6 is 0 Å². The summed E-state index contributed by atoms with van der Waals surface area (Å²) in [4.78, 5) is 12.0. The molecule has 6 nitrogen and oxygen atoms in total. The van der Waals surface area contributed by atoms with Crippen LogP contribution in [0.3, 0.4) is 0 Å². The standard InChI is InChI=1S/C15H23N3O3/c1-2-21-14(19)12-13(11-6-7-11)18(17-16-12)10-15(20)8-4-3-5-9-15/h11,20H,2-10H2,1H3. The topological polar surface area (TPSA) is 77.2 Å². The van der Waals surface area contributed by atoms with E-state index in [1.165, 1.54) is 6.42 Å². The van der Waals surface area contributed by atoms with Crippen molar-refractivity contribution in [1.82, 2.24) is 15.0 Å². The number of rotatable bonds is 5. The summed E-state index contributed by atoms with van der Waals surface area (Å²) in [5.41, 5.74) is 0.479. The zero-order valence-electron chi connectivity index (χ0n) is 12.5. The van der Waals surface area contributed by atoms with Crippen molar-refractivity contribution in [2.45, 2.75) is 69.9 Å². The molecule has 2 saturated carbocycles. The van der Waals surface area contributed by atoms with Gasteiger partial charge in [-0.25, -0.2) is 9.48 Å². The molecule has 0 aliphatic heterocycles. The van der Waals surface area contributed by atoms with Crippen molar-refractivity contribution in [2.24, 2.45) is 0 Å². The first-order valence-electron chi connectivity index (χ1n) is 7.96. The third-order valence-electron chi connectivity index (χ3n) is 4.43. The average molecular weight is 293 g/mol. The minimum Gasteiger partial charge on any atom is -0.461 e. The number of nitrogens with zero attached hydrogens (tertiary/aromatic N) is 3. The number of carbonyl (C=O) groups excluding carboxylic acids is 1. The van der Waals surface area contributed by atoms with E-state index in [2.05, 4.69) is 10.3 Å². The predicted octanol–water partition coefficient (Wildman–Crippen LogP) is 2.03. The van der Waals surface area contributed by atoms with E-state index in [1.54, 1.807) is 11.6 Å². The van der Waals surface area contributed by atoms with Crippen LogP contribution in [0.4, 0.5) is 0 Å². The second-order valence-corrected chi connectivity index (χ2v) is 6.26. The highest BCUT2D eigenvalue weighted by Gasteiger charge is 2.37. The summed E-state index contributed by atoms with van der Waals surface area (Å²) >= 11 is 0. The van der Waals surface area contributed by atoms with E-state index in [9.17, 15) is 9.90 Å². The number of ether oxygens (including phenoxy) is 1. The van der Waals surface area contributed by atoms with Crippen molar-refractivity contribution in [3.63, 3.8) is 0 Å². The summed E-state index contributed by atoms with van der Waals surface area (Å²) in [7, 11) is 0. The Kier molecular flexibility index (Phi) is 3.97. The van der Waals surface area contributed by atoms with Crippen molar-refractivity contribution in [1.29, 1.82) is 0 Å². The van der Waals surface area contributed by atoms with Crippen LogP contribution in [0.25, 0.3) is 0 Å². The van der Waals surface area contributed by atoms with Crippen LogP contribution in [0.2, 0.25) is 0 Å². The number of hydrogen-bond acceptors (Lipinski definition) is 5. The van der Waals surface area contributed by atoms with E-state index in [0.29, 0.717) is 24.8 Å². The van der Waals surface area contributed by atoms with Gasteiger partial charge in [0.2, 0.25) is 0 Å². The van der Waals surface area contributed by atoms with Gasteiger partial charge in [0.15, 0.2) is 5.69 Å². The lowest BCUT2D eigenvalue weighted by Crippen LogP contribution is -2.37. The number of aliphatic hydroxyl groups is 1. The van der Waals surface area contributed by atoms with E-state index >= 15 is 0 Å². The zero-order valence-corrected chi connectivity index (χ0v) is 12.5. The van der Waals surface area contributed by atoms with E-state index in [4.69, 9.17) is 4.74 Å². The van der Waals surface area contributed by atoms with Crippen molar-refractivity contribution >= 4 is 5.97 Å². The Labute approximate surface area is 124 Å². The lowest BCUT2D eigenvalue weighted by atomic mass is 9.85. The molecule has 6 heteroatoms. The highest BCUT2D eigenvalue weighted by atomic mass is 16.5. The van der Waals surface area contributed by atoms with E-state index < -0.39 is 11.6 Å². The molecular formula is C15H23N3O3. The molecule has 21 heavy (non-hydrogen) atoms. The molecule has 0 unspecified atom stereocenters. The zero-order chi connectivity index (χ0) is 14.9. The normalized spacial score (nSPS) is 21.2. The lowest BCUT2D eigenvalue weighted by molar-refractivity contribution is -0.0153. The van der Waals surface area contributed by atoms with Gasteiger partial charge in [-0.3, -0.25) is 0 Å². The number of aromatic nitrogens is 3. The summed E-state index contributed by atoms with van der Waals surface area (Å²) in [5.74, 6) is -0.0621. The van der Waals surface area contributed by atoms with Crippen molar-refractivity contribution in [3.05, 3.63) is 11.4 Å². The Bertz CT molecular complexity index is 516. The van der Waals surface area contributed by atoms with Gasteiger partial charge in [0.1, 0.15) is 0 Å². The highest BCUT2D eigenvalue weighted by molar-refractivity contribution is 5.88. The third kappa shape index (κ3) is 3.10. The quantitative estimate of drug-likeness (QED) is 0.840. The van der Waals surface area contributed by atoms with Gasteiger partial charge >= 0.3 is 5.97 Å².